The highest BCUT2D eigenvalue weighted by Crippen LogP contribution is 2.25. The fourth-order valence-corrected chi connectivity index (χ4v) is 3.43. The highest BCUT2D eigenvalue weighted by atomic mass is 35.5. The first-order valence-electron chi connectivity index (χ1n) is 9.64. The molecule has 162 valence electrons. The maximum Gasteiger partial charge on any atom is 0.261 e. The van der Waals surface area contributed by atoms with Crippen molar-refractivity contribution in [1.29, 1.82) is 0 Å². The quantitative estimate of drug-likeness (QED) is 0.536. The standard InChI is InChI=1S/C22H25Cl3N2O3/c1-4-19(22(29)26-14(2)3)27(12-15-9-10-16(23)18(25)11-15)21(28)13-30-20-8-6-5-7-17(20)24/h5-11,14,19H,4,12-13H2,1-3H3,(H,26,29)/t19-/m1/s1. The van der Waals surface area contributed by atoms with Gasteiger partial charge in [-0.3, -0.25) is 9.59 Å². The van der Waals surface area contributed by atoms with Crippen LogP contribution in [-0.4, -0.2) is 35.4 Å². The van der Waals surface area contributed by atoms with Crippen LogP contribution in [0, 0.1) is 0 Å². The third kappa shape index (κ3) is 6.79. The molecule has 2 aromatic rings. The summed E-state index contributed by atoms with van der Waals surface area (Å²) in [5.74, 6) is -0.160. The van der Waals surface area contributed by atoms with E-state index in [9.17, 15) is 9.59 Å². The van der Waals surface area contributed by atoms with E-state index in [1.54, 1.807) is 42.5 Å². The summed E-state index contributed by atoms with van der Waals surface area (Å²) in [6.07, 6.45) is 0.442. The minimum atomic E-state index is -0.663. The lowest BCUT2D eigenvalue weighted by Crippen LogP contribution is -2.51. The Morgan fingerprint density at radius 2 is 1.73 bits per heavy atom. The number of ether oxygens (including phenoxy) is 1. The summed E-state index contributed by atoms with van der Waals surface area (Å²) in [5.41, 5.74) is 0.756. The van der Waals surface area contributed by atoms with Crippen LogP contribution in [0.4, 0.5) is 0 Å². The second-order valence-electron chi connectivity index (χ2n) is 7.08. The Bertz CT molecular complexity index is 890. The number of carbonyl (C=O) groups excluding carboxylic acids is 2. The van der Waals surface area contributed by atoms with Crippen molar-refractivity contribution < 1.29 is 14.3 Å². The number of rotatable bonds is 9. The predicted octanol–water partition coefficient (Wildman–Crippen LogP) is 5.36. The fourth-order valence-electron chi connectivity index (χ4n) is 2.92. The summed E-state index contributed by atoms with van der Waals surface area (Å²) in [6, 6.07) is 11.3. The summed E-state index contributed by atoms with van der Waals surface area (Å²) in [6.45, 7) is 5.53. The Hall–Kier alpha value is -1.95. The Morgan fingerprint density at radius 3 is 2.33 bits per heavy atom. The molecule has 0 saturated heterocycles. The molecule has 0 fully saturated rings. The molecule has 0 aromatic heterocycles. The zero-order valence-corrected chi connectivity index (χ0v) is 19.4. The maximum atomic E-state index is 13.1. The van der Waals surface area contributed by atoms with Crippen molar-refractivity contribution in [2.45, 2.75) is 45.8 Å². The zero-order valence-electron chi connectivity index (χ0n) is 17.1. The average molecular weight is 472 g/mol. The Morgan fingerprint density at radius 1 is 1.03 bits per heavy atom. The van der Waals surface area contributed by atoms with Gasteiger partial charge in [0.15, 0.2) is 6.61 Å². The first-order valence-corrected chi connectivity index (χ1v) is 10.8. The van der Waals surface area contributed by atoms with Gasteiger partial charge in [-0.15, -0.1) is 0 Å². The van der Waals surface area contributed by atoms with Crippen molar-refractivity contribution in [2.24, 2.45) is 0 Å². The largest absolute Gasteiger partial charge is 0.482 e. The summed E-state index contributed by atoms with van der Waals surface area (Å²) in [5, 5.41) is 4.09. The van der Waals surface area contributed by atoms with Gasteiger partial charge in [0.1, 0.15) is 11.8 Å². The Kier molecular flexibility index (Phi) is 9.28. The molecule has 2 aromatic carbocycles. The third-order valence-corrected chi connectivity index (χ3v) is 5.39. The lowest BCUT2D eigenvalue weighted by atomic mass is 10.1. The van der Waals surface area contributed by atoms with Gasteiger partial charge in [0.2, 0.25) is 5.91 Å². The van der Waals surface area contributed by atoms with Gasteiger partial charge < -0.3 is 15.0 Å². The number of hydrogen-bond acceptors (Lipinski definition) is 3. The van der Waals surface area contributed by atoms with Crippen molar-refractivity contribution in [2.75, 3.05) is 6.61 Å². The predicted molar refractivity (Wildman–Crippen MR) is 121 cm³/mol. The van der Waals surface area contributed by atoms with E-state index >= 15 is 0 Å². The van der Waals surface area contributed by atoms with Crippen LogP contribution in [0.5, 0.6) is 5.75 Å². The smallest absolute Gasteiger partial charge is 0.261 e. The number of para-hydroxylation sites is 1. The van der Waals surface area contributed by atoms with E-state index in [2.05, 4.69) is 5.32 Å². The number of halogens is 3. The topological polar surface area (TPSA) is 58.6 Å². The van der Waals surface area contributed by atoms with Gasteiger partial charge in [-0.25, -0.2) is 0 Å². The second-order valence-corrected chi connectivity index (χ2v) is 8.30. The molecule has 0 heterocycles. The fraction of sp³-hybridized carbons (Fsp3) is 0.364. The van der Waals surface area contributed by atoms with Gasteiger partial charge >= 0.3 is 0 Å². The molecule has 0 radical (unpaired) electrons. The molecule has 0 unspecified atom stereocenters. The average Bonchev–Trinajstić information content (AvgIpc) is 2.69. The minimum absolute atomic E-state index is 0.0483. The van der Waals surface area contributed by atoms with Crippen LogP contribution in [0.3, 0.4) is 0 Å². The molecule has 2 rings (SSSR count). The van der Waals surface area contributed by atoms with Crippen molar-refractivity contribution in [3.8, 4) is 5.75 Å². The second kappa shape index (κ2) is 11.4. The lowest BCUT2D eigenvalue weighted by Gasteiger charge is -2.31. The first kappa shape index (κ1) is 24.3. The van der Waals surface area contributed by atoms with E-state index in [-0.39, 0.29) is 31.0 Å². The Balaban J connectivity index is 2.25. The van der Waals surface area contributed by atoms with Gasteiger partial charge in [0.05, 0.1) is 15.1 Å². The van der Waals surface area contributed by atoms with E-state index in [4.69, 9.17) is 39.5 Å². The number of nitrogens with zero attached hydrogens (tertiary/aromatic N) is 1. The zero-order chi connectivity index (χ0) is 22.3. The van der Waals surface area contributed by atoms with Crippen LogP contribution < -0.4 is 10.1 Å². The van der Waals surface area contributed by atoms with Crippen LogP contribution in [-0.2, 0) is 16.1 Å². The Labute approximate surface area is 192 Å². The van der Waals surface area contributed by atoms with Crippen LogP contribution in [0.1, 0.15) is 32.8 Å². The van der Waals surface area contributed by atoms with E-state index in [1.807, 2.05) is 20.8 Å². The molecule has 30 heavy (non-hydrogen) atoms. The number of nitrogens with one attached hydrogen (secondary N) is 1. The summed E-state index contributed by atoms with van der Waals surface area (Å²) < 4.78 is 5.61. The van der Waals surface area contributed by atoms with Crippen molar-refractivity contribution in [1.82, 2.24) is 10.2 Å². The summed E-state index contributed by atoms with van der Waals surface area (Å²) in [4.78, 5) is 27.3. The van der Waals surface area contributed by atoms with Gasteiger partial charge in [-0.05, 0) is 50.1 Å². The normalized spacial score (nSPS) is 11.8. The van der Waals surface area contributed by atoms with Crippen molar-refractivity contribution in [3.05, 3.63) is 63.1 Å². The van der Waals surface area contributed by atoms with Gasteiger partial charge in [-0.1, -0.05) is 59.9 Å². The molecule has 1 N–H and O–H groups in total. The van der Waals surface area contributed by atoms with E-state index in [0.717, 1.165) is 5.56 Å². The van der Waals surface area contributed by atoms with Crippen molar-refractivity contribution in [3.63, 3.8) is 0 Å². The molecule has 5 nitrogen and oxygen atoms in total. The molecule has 0 aliphatic heterocycles. The molecular weight excluding hydrogens is 447 g/mol. The summed E-state index contributed by atoms with van der Waals surface area (Å²) >= 11 is 18.2. The molecule has 0 aliphatic rings. The van der Waals surface area contributed by atoms with Crippen LogP contribution >= 0.6 is 34.8 Å². The maximum absolute atomic E-state index is 13.1. The SMILES string of the molecule is CC[C@H](C(=O)NC(C)C)N(Cc1ccc(Cl)c(Cl)c1)C(=O)COc1ccccc1Cl. The van der Waals surface area contributed by atoms with Crippen LogP contribution in [0.2, 0.25) is 15.1 Å². The highest BCUT2D eigenvalue weighted by Gasteiger charge is 2.29. The van der Waals surface area contributed by atoms with Gasteiger partial charge in [0.25, 0.3) is 5.91 Å². The number of hydrogen-bond donors (Lipinski definition) is 1. The van der Waals surface area contributed by atoms with Crippen molar-refractivity contribution >= 4 is 46.6 Å². The van der Waals surface area contributed by atoms with E-state index in [1.165, 1.54) is 4.90 Å². The lowest BCUT2D eigenvalue weighted by molar-refractivity contribution is -0.143. The number of benzene rings is 2. The molecule has 2 amide bonds. The monoisotopic (exact) mass is 470 g/mol. The molecular formula is C22H25Cl3N2O3. The molecule has 0 spiro atoms. The molecule has 1 atom stereocenters. The summed E-state index contributed by atoms with van der Waals surface area (Å²) in [7, 11) is 0. The highest BCUT2D eigenvalue weighted by molar-refractivity contribution is 6.42. The van der Waals surface area contributed by atoms with Gasteiger partial charge in [0, 0.05) is 12.6 Å². The molecule has 0 aliphatic carbocycles. The number of carbonyl (C=O) groups is 2. The van der Waals surface area contributed by atoms with Crippen LogP contribution in [0.25, 0.3) is 0 Å². The molecule has 8 heteroatoms. The van der Waals surface area contributed by atoms with Gasteiger partial charge in [-0.2, -0.15) is 0 Å². The molecule has 0 saturated carbocycles. The van der Waals surface area contributed by atoms with E-state index in [0.29, 0.717) is 27.2 Å². The first-order chi connectivity index (χ1) is 14.2. The minimum Gasteiger partial charge on any atom is -0.482 e. The number of amides is 2. The third-order valence-electron chi connectivity index (χ3n) is 4.34. The molecule has 0 bridgehead atoms. The van der Waals surface area contributed by atoms with Crippen LogP contribution in [0.15, 0.2) is 42.5 Å². The van der Waals surface area contributed by atoms with E-state index < -0.39 is 6.04 Å².